The van der Waals surface area contributed by atoms with Gasteiger partial charge >= 0.3 is 0 Å². The molecule has 3 nitrogen and oxygen atoms in total. The Bertz CT molecular complexity index is 686. The van der Waals surface area contributed by atoms with E-state index in [0.717, 1.165) is 17.7 Å². The third kappa shape index (κ3) is 2.82. The first-order valence-corrected chi connectivity index (χ1v) is 7.37. The Balaban J connectivity index is 1.78. The number of fused-ring (bicyclic) bond motifs is 1. The molecule has 0 aromatic heterocycles. The summed E-state index contributed by atoms with van der Waals surface area (Å²) in [5.41, 5.74) is 1.44. The molecule has 4 heteroatoms. The molecule has 2 aromatic carbocycles. The molecule has 22 heavy (non-hydrogen) atoms. The summed E-state index contributed by atoms with van der Waals surface area (Å²) in [4.78, 5) is 14.2. The third-order valence-corrected chi connectivity index (χ3v) is 4.09. The number of nitrogens with zero attached hydrogens (tertiary/aromatic N) is 1. The van der Waals surface area contributed by atoms with Gasteiger partial charge in [0, 0.05) is 19.0 Å². The van der Waals surface area contributed by atoms with Crippen LogP contribution >= 0.6 is 0 Å². The number of hydrogen-bond donors (Lipinski definition) is 0. The first-order valence-electron chi connectivity index (χ1n) is 7.37. The molecule has 2 aromatic rings. The van der Waals surface area contributed by atoms with Gasteiger partial charge < -0.3 is 9.64 Å². The lowest BCUT2D eigenvalue weighted by Gasteiger charge is -2.33. The standard InChI is InChI=1S/C18H18FNO2/c1-20(18(21)12-13-6-2-4-8-15(13)19)16-10-11-22-17-9-5-3-7-14(16)17/h2-9,16H,10-12H2,1H3. The quantitative estimate of drug-likeness (QED) is 0.870. The van der Waals surface area contributed by atoms with E-state index in [1.807, 2.05) is 24.3 Å². The molecular weight excluding hydrogens is 281 g/mol. The van der Waals surface area contributed by atoms with Gasteiger partial charge in [-0.05, 0) is 17.7 Å². The maximum absolute atomic E-state index is 13.7. The highest BCUT2D eigenvalue weighted by Gasteiger charge is 2.27. The normalized spacial score (nSPS) is 16.5. The maximum Gasteiger partial charge on any atom is 0.227 e. The number of hydrogen-bond acceptors (Lipinski definition) is 2. The lowest BCUT2D eigenvalue weighted by molar-refractivity contribution is -0.131. The first-order chi connectivity index (χ1) is 10.7. The average molecular weight is 299 g/mol. The van der Waals surface area contributed by atoms with Crippen LogP contribution in [0, 0.1) is 5.82 Å². The number of halogens is 1. The minimum absolute atomic E-state index is 0.0239. The maximum atomic E-state index is 13.7. The molecule has 0 bridgehead atoms. The predicted molar refractivity (Wildman–Crippen MR) is 82.2 cm³/mol. The van der Waals surface area contributed by atoms with Crippen molar-refractivity contribution in [3.8, 4) is 5.75 Å². The van der Waals surface area contributed by atoms with E-state index in [1.165, 1.54) is 6.07 Å². The van der Waals surface area contributed by atoms with E-state index in [4.69, 9.17) is 4.74 Å². The van der Waals surface area contributed by atoms with Crippen LogP contribution in [0.5, 0.6) is 5.75 Å². The molecule has 1 aliphatic rings. The molecule has 0 spiro atoms. The number of carbonyl (C=O) groups is 1. The summed E-state index contributed by atoms with van der Waals surface area (Å²) < 4.78 is 19.3. The van der Waals surface area contributed by atoms with Crippen LogP contribution in [0.2, 0.25) is 0 Å². The van der Waals surface area contributed by atoms with Crippen molar-refractivity contribution in [2.45, 2.75) is 18.9 Å². The second-order valence-corrected chi connectivity index (χ2v) is 5.46. The molecule has 1 heterocycles. The highest BCUT2D eigenvalue weighted by Crippen LogP contribution is 2.35. The zero-order valence-electron chi connectivity index (χ0n) is 12.5. The van der Waals surface area contributed by atoms with Gasteiger partial charge in [0.1, 0.15) is 11.6 Å². The smallest absolute Gasteiger partial charge is 0.227 e. The van der Waals surface area contributed by atoms with E-state index in [1.54, 1.807) is 30.1 Å². The molecule has 1 unspecified atom stereocenters. The summed E-state index contributed by atoms with van der Waals surface area (Å²) in [6.07, 6.45) is 0.819. The highest BCUT2D eigenvalue weighted by atomic mass is 19.1. The summed E-state index contributed by atoms with van der Waals surface area (Å²) in [5.74, 6) is 0.396. The summed E-state index contributed by atoms with van der Waals surface area (Å²) in [5, 5.41) is 0. The minimum atomic E-state index is -0.336. The van der Waals surface area contributed by atoms with Gasteiger partial charge in [-0.1, -0.05) is 36.4 Å². The molecule has 0 aliphatic carbocycles. The third-order valence-electron chi connectivity index (χ3n) is 4.09. The first kappa shape index (κ1) is 14.6. The van der Waals surface area contributed by atoms with Gasteiger partial charge in [-0.3, -0.25) is 4.79 Å². The molecule has 1 aliphatic heterocycles. The van der Waals surface area contributed by atoms with Gasteiger partial charge in [0.15, 0.2) is 0 Å². The fraction of sp³-hybridized carbons (Fsp3) is 0.278. The molecule has 1 atom stereocenters. The second kappa shape index (κ2) is 6.18. The SMILES string of the molecule is CN(C(=O)Cc1ccccc1F)C1CCOc2ccccc21. The molecule has 1 amide bonds. The van der Waals surface area contributed by atoms with E-state index >= 15 is 0 Å². The number of carbonyl (C=O) groups excluding carboxylic acids is 1. The van der Waals surface area contributed by atoms with Gasteiger partial charge in [-0.25, -0.2) is 4.39 Å². The van der Waals surface area contributed by atoms with E-state index < -0.39 is 0 Å². The van der Waals surface area contributed by atoms with Gasteiger partial charge in [0.05, 0.1) is 19.1 Å². The van der Waals surface area contributed by atoms with Crippen LogP contribution in [0.1, 0.15) is 23.6 Å². The minimum Gasteiger partial charge on any atom is -0.493 e. The Hall–Kier alpha value is -2.36. The molecule has 0 radical (unpaired) electrons. The summed E-state index contributed by atoms with van der Waals surface area (Å²) >= 11 is 0. The summed E-state index contributed by atoms with van der Waals surface area (Å²) in [6.45, 7) is 0.582. The van der Waals surface area contributed by atoms with Crippen LogP contribution in [-0.4, -0.2) is 24.5 Å². The zero-order valence-corrected chi connectivity index (χ0v) is 12.5. The van der Waals surface area contributed by atoms with Crippen LogP contribution in [0.4, 0.5) is 4.39 Å². The Morgan fingerprint density at radius 1 is 1.23 bits per heavy atom. The van der Waals surface area contributed by atoms with Crippen molar-refractivity contribution in [3.63, 3.8) is 0 Å². The van der Waals surface area contributed by atoms with Crippen molar-refractivity contribution in [1.29, 1.82) is 0 Å². The number of para-hydroxylation sites is 1. The lowest BCUT2D eigenvalue weighted by atomic mass is 9.98. The Morgan fingerprint density at radius 2 is 1.95 bits per heavy atom. The summed E-state index contributed by atoms with van der Waals surface area (Å²) in [7, 11) is 1.77. The fourth-order valence-electron chi connectivity index (χ4n) is 2.83. The second-order valence-electron chi connectivity index (χ2n) is 5.46. The highest BCUT2D eigenvalue weighted by molar-refractivity contribution is 5.79. The van der Waals surface area contributed by atoms with Crippen LogP contribution in [0.25, 0.3) is 0 Å². The number of ether oxygens (including phenoxy) is 1. The van der Waals surface area contributed by atoms with Gasteiger partial charge in [-0.15, -0.1) is 0 Å². The number of likely N-dealkylation sites (N-methyl/N-ethyl adjacent to an activating group) is 1. The Kier molecular flexibility index (Phi) is 4.09. The van der Waals surface area contributed by atoms with Crippen molar-refractivity contribution in [1.82, 2.24) is 4.90 Å². The van der Waals surface area contributed by atoms with E-state index in [9.17, 15) is 9.18 Å². The number of rotatable bonds is 3. The topological polar surface area (TPSA) is 29.5 Å². The van der Waals surface area contributed by atoms with Gasteiger partial charge in [0.25, 0.3) is 0 Å². The van der Waals surface area contributed by atoms with E-state index in [-0.39, 0.29) is 24.2 Å². The molecule has 0 fully saturated rings. The van der Waals surface area contributed by atoms with Crippen molar-refractivity contribution in [2.75, 3.05) is 13.7 Å². The average Bonchev–Trinajstić information content (AvgIpc) is 2.55. The van der Waals surface area contributed by atoms with Crippen LogP contribution in [0.15, 0.2) is 48.5 Å². The van der Waals surface area contributed by atoms with Crippen molar-refractivity contribution < 1.29 is 13.9 Å². The molecular formula is C18H18FNO2. The van der Waals surface area contributed by atoms with E-state index in [0.29, 0.717) is 12.2 Å². The van der Waals surface area contributed by atoms with Crippen molar-refractivity contribution in [3.05, 3.63) is 65.5 Å². The van der Waals surface area contributed by atoms with Crippen molar-refractivity contribution >= 4 is 5.91 Å². The Morgan fingerprint density at radius 3 is 2.77 bits per heavy atom. The van der Waals surface area contributed by atoms with Crippen LogP contribution in [0.3, 0.4) is 0 Å². The Labute approximate surface area is 129 Å². The van der Waals surface area contributed by atoms with Crippen molar-refractivity contribution in [2.24, 2.45) is 0 Å². The molecule has 0 saturated carbocycles. The molecule has 0 saturated heterocycles. The molecule has 3 rings (SSSR count). The van der Waals surface area contributed by atoms with Crippen LogP contribution < -0.4 is 4.74 Å². The van der Waals surface area contributed by atoms with Gasteiger partial charge in [-0.2, -0.15) is 0 Å². The number of benzene rings is 2. The summed E-state index contributed by atoms with van der Waals surface area (Å²) in [6, 6.07) is 14.1. The van der Waals surface area contributed by atoms with E-state index in [2.05, 4.69) is 0 Å². The fourth-order valence-corrected chi connectivity index (χ4v) is 2.83. The zero-order chi connectivity index (χ0) is 15.5. The largest absolute Gasteiger partial charge is 0.493 e. The lowest BCUT2D eigenvalue weighted by Crippen LogP contribution is -2.35. The van der Waals surface area contributed by atoms with Crippen LogP contribution in [-0.2, 0) is 11.2 Å². The monoisotopic (exact) mass is 299 g/mol. The van der Waals surface area contributed by atoms with Gasteiger partial charge in [0.2, 0.25) is 5.91 Å². The molecule has 0 N–H and O–H groups in total. The predicted octanol–water partition coefficient (Wildman–Crippen LogP) is 3.35. The number of amides is 1. The molecule has 114 valence electrons.